The molecule has 0 atom stereocenters. The quantitative estimate of drug-likeness (QED) is 0.360. The fourth-order valence-corrected chi connectivity index (χ4v) is 2.96. The lowest BCUT2D eigenvalue weighted by Gasteiger charge is -2.21. The second-order valence-electron chi connectivity index (χ2n) is 6.81. The smallest absolute Gasteiger partial charge is 0.305 e. The highest BCUT2D eigenvalue weighted by atomic mass is 16.4. The normalized spacial score (nSPS) is 10.8. The Bertz CT molecular complexity index is 318. The topological polar surface area (TPSA) is 57.6 Å². The number of hydrogen-bond acceptors (Lipinski definition) is 2. The van der Waals surface area contributed by atoms with Gasteiger partial charge < -0.3 is 10.0 Å². The minimum Gasteiger partial charge on any atom is -0.481 e. The van der Waals surface area contributed by atoms with Gasteiger partial charge in [0.1, 0.15) is 0 Å². The molecule has 0 saturated heterocycles. The molecule has 0 saturated carbocycles. The van der Waals surface area contributed by atoms with Gasteiger partial charge in [-0.2, -0.15) is 0 Å². The number of carbonyl (C=O) groups excluding carboxylic acids is 1. The number of carboxylic acid groups (broad SMARTS) is 1. The van der Waals surface area contributed by atoms with E-state index in [2.05, 4.69) is 6.92 Å². The maximum Gasteiger partial charge on any atom is 0.305 e. The highest BCUT2D eigenvalue weighted by molar-refractivity contribution is 5.77. The standard InChI is InChI=1S/C20H39NO3/c1-3-5-6-7-8-9-10-11-12-13-14-15-19(22)21(17-4-2)18-16-20(23)24/h3-18H2,1-2H3,(H,23,24). The Morgan fingerprint density at radius 1 is 0.667 bits per heavy atom. The van der Waals surface area contributed by atoms with E-state index in [-0.39, 0.29) is 12.3 Å². The van der Waals surface area contributed by atoms with Crippen LogP contribution in [-0.4, -0.2) is 35.0 Å². The Kier molecular flexibility index (Phi) is 16.0. The van der Waals surface area contributed by atoms with E-state index in [9.17, 15) is 9.59 Å². The van der Waals surface area contributed by atoms with Crippen molar-refractivity contribution >= 4 is 11.9 Å². The molecule has 0 radical (unpaired) electrons. The summed E-state index contributed by atoms with van der Waals surface area (Å²) in [5.74, 6) is -0.715. The zero-order valence-electron chi connectivity index (χ0n) is 16.0. The monoisotopic (exact) mass is 341 g/mol. The summed E-state index contributed by atoms with van der Waals surface area (Å²) in [7, 11) is 0. The average Bonchev–Trinajstić information content (AvgIpc) is 2.56. The van der Waals surface area contributed by atoms with Gasteiger partial charge in [-0.3, -0.25) is 9.59 Å². The molecule has 142 valence electrons. The van der Waals surface area contributed by atoms with Crippen molar-refractivity contribution in [3.8, 4) is 0 Å². The summed E-state index contributed by atoms with van der Waals surface area (Å²) in [6.07, 6.45) is 15.5. The Morgan fingerprint density at radius 3 is 1.62 bits per heavy atom. The molecular formula is C20H39NO3. The molecule has 4 nitrogen and oxygen atoms in total. The van der Waals surface area contributed by atoms with Gasteiger partial charge in [-0.1, -0.05) is 78.1 Å². The Morgan fingerprint density at radius 2 is 1.17 bits per heavy atom. The first-order valence-corrected chi connectivity index (χ1v) is 10.1. The molecule has 0 heterocycles. The van der Waals surface area contributed by atoms with Gasteiger partial charge in [0.05, 0.1) is 6.42 Å². The van der Waals surface area contributed by atoms with E-state index >= 15 is 0 Å². The molecule has 1 N–H and O–H groups in total. The van der Waals surface area contributed by atoms with E-state index in [0.717, 1.165) is 19.3 Å². The maximum atomic E-state index is 12.1. The van der Waals surface area contributed by atoms with Crippen LogP contribution in [0.25, 0.3) is 0 Å². The summed E-state index contributed by atoms with van der Waals surface area (Å²) in [6, 6.07) is 0. The van der Waals surface area contributed by atoms with Gasteiger partial charge in [0.25, 0.3) is 0 Å². The number of rotatable bonds is 17. The van der Waals surface area contributed by atoms with E-state index < -0.39 is 5.97 Å². The van der Waals surface area contributed by atoms with Crippen molar-refractivity contribution in [2.24, 2.45) is 0 Å². The third-order valence-corrected chi connectivity index (χ3v) is 4.44. The van der Waals surface area contributed by atoms with Crippen molar-refractivity contribution in [2.45, 2.75) is 104 Å². The van der Waals surface area contributed by atoms with Crippen molar-refractivity contribution in [2.75, 3.05) is 13.1 Å². The summed E-state index contributed by atoms with van der Waals surface area (Å²) in [4.78, 5) is 24.5. The molecular weight excluding hydrogens is 302 g/mol. The molecule has 0 aromatic heterocycles. The van der Waals surface area contributed by atoms with Crippen LogP contribution in [0.4, 0.5) is 0 Å². The summed E-state index contributed by atoms with van der Waals surface area (Å²) >= 11 is 0. The summed E-state index contributed by atoms with van der Waals surface area (Å²) in [6.45, 7) is 5.28. The van der Waals surface area contributed by atoms with Crippen LogP contribution in [0.5, 0.6) is 0 Å². The minimum atomic E-state index is -0.835. The van der Waals surface area contributed by atoms with Crippen molar-refractivity contribution in [1.82, 2.24) is 4.90 Å². The molecule has 0 bridgehead atoms. The molecule has 24 heavy (non-hydrogen) atoms. The molecule has 0 aromatic rings. The van der Waals surface area contributed by atoms with Crippen LogP contribution < -0.4 is 0 Å². The average molecular weight is 342 g/mol. The van der Waals surface area contributed by atoms with Gasteiger partial charge in [0.15, 0.2) is 0 Å². The first-order valence-electron chi connectivity index (χ1n) is 10.1. The molecule has 4 heteroatoms. The Balaban J connectivity index is 3.56. The minimum absolute atomic E-state index is 0.0456. The molecule has 0 aliphatic rings. The van der Waals surface area contributed by atoms with Crippen LogP contribution >= 0.6 is 0 Å². The Hall–Kier alpha value is -1.06. The maximum absolute atomic E-state index is 12.1. The number of amides is 1. The van der Waals surface area contributed by atoms with Crippen LogP contribution in [0.2, 0.25) is 0 Å². The lowest BCUT2D eigenvalue weighted by molar-refractivity contribution is -0.138. The second-order valence-corrected chi connectivity index (χ2v) is 6.81. The number of aliphatic carboxylic acids is 1. The Labute approximate surface area is 149 Å². The third kappa shape index (κ3) is 14.5. The zero-order chi connectivity index (χ0) is 18.0. The predicted octanol–water partition coefficient (Wildman–Crippen LogP) is 5.40. The van der Waals surface area contributed by atoms with E-state index in [4.69, 9.17) is 5.11 Å². The summed E-state index contributed by atoms with van der Waals surface area (Å²) in [5, 5.41) is 8.75. The van der Waals surface area contributed by atoms with Crippen molar-refractivity contribution in [3.63, 3.8) is 0 Å². The van der Waals surface area contributed by atoms with Crippen LogP contribution in [0.15, 0.2) is 0 Å². The predicted molar refractivity (Wildman–Crippen MR) is 100 cm³/mol. The SMILES string of the molecule is CCCCCCCCCCCCCC(=O)N(CCC)CCC(=O)O. The van der Waals surface area contributed by atoms with Gasteiger partial charge in [-0.25, -0.2) is 0 Å². The van der Waals surface area contributed by atoms with Crippen LogP contribution in [0.1, 0.15) is 104 Å². The number of carbonyl (C=O) groups is 2. The van der Waals surface area contributed by atoms with E-state index in [1.165, 1.54) is 57.8 Å². The molecule has 0 fully saturated rings. The molecule has 0 rings (SSSR count). The molecule has 1 amide bonds. The van der Waals surface area contributed by atoms with Gasteiger partial charge in [0.2, 0.25) is 5.91 Å². The molecule has 0 unspecified atom stereocenters. The van der Waals surface area contributed by atoms with Crippen molar-refractivity contribution in [1.29, 1.82) is 0 Å². The highest BCUT2D eigenvalue weighted by Gasteiger charge is 2.13. The van der Waals surface area contributed by atoms with Gasteiger partial charge in [0, 0.05) is 19.5 Å². The number of carboxylic acids is 1. The first-order chi connectivity index (χ1) is 11.6. The fourth-order valence-electron chi connectivity index (χ4n) is 2.96. The third-order valence-electron chi connectivity index (χ3n) is 4.44. The number of unbranched alkanes of at least 4 members (excludes halogenated alkanes) is 10. The first kappa shape index (κ1) is 22.9. The molecule has 0 aliphatic heterocycles. The van der Waals surface area contributed by atoms with E-state index in [0.29, 0.717) is 19.5 Å². The lowest BCUT2D eigenvalue weighted by atomic mass is 10.1. The lowest BCUT2D eigenvalue weighted by Crippen LogP contribution is -2.33. The van der Waals surface area contributed by atoms with Crippen molar-refractivity contribution in [3.05, 3.63) is 0 Å². The largest absolute Gasteiger partial charge is 0.481 e. The second kappa shape index (κ2) is 16.8. The van der Waals surface area contributed by atoms with Crippen LogP contribution in [-0.2, 0) is 9.59 Å². The number of hydrogen-bond donors (Lipinski definition) is 1. The van der Waals surface area contributed by atoms with E-state index in [1.54, 1.807) is 4.90 Å². The molecule has 0 aromatic carbocycles. The number of nitrogens with zero attached hydrogens (tertiary/aromatic N) is 1. The van der Waals surface area contributed by atoms with E-state index in [1.807, 2.05) is 6.92 Å². The van der Waals surface area contributed by atoms with Gasteiger partial charge in [-0.15, -0.1) is 0 Å². The van der Waals surface area contributed by atoms with Crippen LogP contribution in [0, 0.1) is 0 Å². The molecule has 0 aliphatic carbocycles. The molecule has 0 spiro atoms. The van der Waals surface area contributed by atoms with Crippen molar-refractivity contribution < 1.29 is 14.7 Å². The highest BCUT2D eigenvalue weighted by Crippen LogP contribution is 2.12. The summed E-state index contributed by atoms with van der Waals surface area (Å²) in [5.41, 5.74) is 0. The fraction of sp³-hybridized carbons (Fsp3) is 0.900. The summed E-state index contributed by atoms with van der Waals surface area (Å²) < 4.78 is 0. The van der Waals surface area contributed by atoms with Gasteiger partial charge >= 0.3 is 5.97 Å². The zero-order valence-corrected chi connectivity index (χ0v) is 16.0. The van der Waals surface area contributed by atoms with Crippen LogP contribution in [0.3, 0.4) is 0 Å². The van der Waals surface area contributed by atoms with Gasteiger partial charge in [-0.05, 0) is 12.8 Å².